The molecular formula is C21H25NO. The largest absolute Gasteiger partial charge is 0.360 e. The monoisotopic (exact) mass is 307 g/mol. The van der Waals surface area contributed by atoms with E-state index in [4.69, 9.17) is 4.74 Å². The molecule has 0 amide bonds. The van der Waals surface area contributed by atoms with E-state index in [2.05, 4.69) is 73.3 Å². The van der Waals surface area contributed by atoms with Gasteiger partial charge in [0.1, 0.15) is 0 Å². The topological polar surface area (TPSA) is 12.5 Å². The molecule has 0 bridgehead atoms. The van der Waals surface area contributed by atoms with E-state index in [9.17, 15) is 0 Å². The molecule has 0 saturated carbocycles. The van der Waals surface area contributed by atoms with Gasteiger partial charge in [-0.3, -0.25) is 4.90 Å². The van der Waals surface area contributed by atoms with Gasteiger partial charge in [0.15, 0.2) is 0 Å². The second-order valence-electron chi connectivity index (χ2n) is 7.41. The fourth-order valence-electron chi connectivity index (χ4n) is 4.29. The van der Waals surface area contributed by atoms with Crippen molar-refractivity contribution in [2.24, 2.45) is 0 Å². The Kier molecular flexibility index (Phi) is 3.55. The van der Waals surface area contributed by atoms with Gasteiger partial charge in [0.05, 0.1) is 11.2 Å². The van der Waals surface area contributed by atoms with Crippen LogP contribution in [0.15, 0.2) is 54.6 Å². The lowest BCUT2D eigenvalue weighted by Crippen LogP contribution is -2.43. The van der Waals surface area contributed by atoms with Crippen molar-refractivity contribution in [1.82, 2.24) is 4.90 Å². The molecule has 1 spiro atoms. The minimum absolute atomic E-state index is 0.0761. The highest BCUT2D eigenvalue weighted by Gasteiger charge is 2.49. The molecule has 2 heterocycles. The van der Waals surface area contributed by atoms with Crippen molar-refractivity contribution >= 4 is 0 Å². The van der Waals surface area contributed by atoms with Crippen LogP contribution in [0.25, 0.3) is 0 Å². The summed E-state index contributed by atoms with van der Waals surface area (Å²) in [6, 6.07) is 19.6. The molecule has 0 radical (unpaired) electrons. The molecule has 0 unspecified atom stereocenters. The zero-order valence-electron chi connectivity index (χ0n) is 14.1. The van der Waals surface area contributed by atoms with E-state index in [0.717, 1.165) is 32.5 Å². The summed E-state index contributed by atoms with van der Waals surface area (Å²) < 4.78 is 6.62. The smallest absolute Gasteiger partial charge is 0.0971 e. The van der Waals surface area contributed by atoms with Crippen molar-refractivity contribution in [2.45, 2.75) is 44.4 Å². The lowest BCUT2D eigenvalue weighted by molar-refractivity contribution is -0.150. The summed E-state index contributed by atoms with van der Waals surface area (Å²) in [5.41, 5.74) is 3.95. The summed E-state index contributed by atoms with van der Waals surface area (Å²) in [6.45, 7) is 7.65. The van der Waals surface area contributed by atoms with Gasteiger partial charge in [0.2, 0.25) is 0 Å². The van der Waals surface area contributed by atoms with Crippen molar-refractivity contribution in [3.8, 4) is 0 Å². The fourth-order valence-corrected chi connectivity index (χ4v) is 4.29. The van der Waals surface area contributed by atoms with Gasteiger partial charge in [0.25, 0.3) is 0 Å². The van der Waals surface area contributed by atoms with E-state index in [-0.39, 0.29) is 11.2 Å². The molecule has 0 aliphatic carbocycles. The molecule has 120 valence electrons. The third kappa shape index (κ3) is 2.60. The Labute approximate surface area is 139 Å². The first-order chi connectivity index (χ1) is 11.1. The van der Waals surface area contributed by atoms with Gasteiger partial charge < -0.3 is 4.74 Å². The second kappa shape index (κ2) is 5.47. The van der Waals surface area contributed by atoms with Gasteiger partial charge in [-0.1, -0.05) is 54.6 Å². The normalized spacial score (nSPS) is 22.2. The molecule has 2 aliphatic rings. The quantitative estimate of drug-likeness (QED) is 0.813. The van der Waals surface area contributed by atoms with Crippen LogP contribution in [-0.4, -0.2) is 18.0 Å². The summed E-state index contributed by atoms with van der Waals surface area (Å²) >= 11 is 0. The first-order valence-corrected chi connectivity index (χ1v) is 8.66. The molecule has 23 heavy (non-hydrogen) atoms. The van der Waals surface area contributed by atoms with Crippen molar-refractivity contribution in [1.29, 1.82) is 0 Å². The van der Waals surface area contributed by atoms with Gasteiger partial charge >= 0.3 is 0 Å². The Morgan fingerprint density at radius 2 is 1.48 bits per heavy atom. The number of piperidine rings is 1. The van der Waals surface area contributed by atoms with Crippen LogP contribution in [0.2, 0.25) is 0 Å². The number of likely N-dealkylation sites (tertiary alicyclic amines) is 1. The van der Waals surface area contributed by atoms with Crippen LogP contribution in [0.4, 0.5) is 0 Å². The van der Waals surface area contributed by atoms with E-state index in [1.54, 1.807) is 0 Å². The van der Waals surface area contributed by atoms with Crippen molar-refractivity contribution in [3.63, 3.8) is 0 Å². The highest BCUT2D eigenvalue weighted by molar-refractivity contribution is 5.41. The first kappa shape index (κ1) is 14.9. The number of fused-ring (bicyclic) bond motifs is 2. The Morgan fingerprint density at radius 3 is 2.17 bits per heavy atom. The van der Waals surface area contributed by atoms with Crippen LogP contribution in [0.1, 0.15) is 43.4 Å². The standard InChI is InChI=1S/C21H25NO/c1-20(2)18-10-6-7-11-19(18)21(23-20)12-14-22(15-13-21)16-17-8-4-3-5-9-17/h3-11H,12-16H2,1-2H3. The van der Waals surface area contributed by atoms with Crippen LogP contribution in [0.3, 0.4) is 0 Å². The molecular weight excluding hydrogens is 282 g/mol. The molecule has 0 N–H and O–H groups in total. The number of benzene rings is 2. The fraction of sp³-hybridized carbons (Fsp3) is 0.429. The summed E-state index contributed by atoms with van der Waals surface area (Å²) in [7, 11) is 0. The lowest BCUT2D eigenvalue weighted by atomic mass is 9.82. The van der Waals surface area contributed by atoms with Crippen LogP contribution in [-0.2, 0) is 22.5 Å². The van der Waals surface area contributed by atoms with Gasteiger partial charge in [-0.2, -0.15) is 0 Å². The average molecular weight is 307 g/mol. The highest BCUT2D eigenvalue weighted by Crippen LogP contribution is 2.51. The second-order valence-corrected chi connectivity index (χ2v) is 7.41. The molecule has 1 saturated heterocycles. The molecule has 1 fully saturated rings. The number of ether oxygens (including phenoxy) is 1. The molecule has 0 atom stereocenters. The van der Waals surface area contributed by atoms with Gasteiger partial charge in [-0.15, -0.1) is 0 Å². The Morgan fingerprint density at radius 1 is 0.870 bits per heavy atom. The maximum atomic E-state index is 6.62. The zero-order valence-corrected chi connectivity index (χ0v) is 14.1. The predicted octanol–water partition coefficient (Wildman–Crippen LogP) is 4.44. The Balaban J connectivity index is 1.52. The van der Waals surface area contributed by atoms with Gasteiger partial charge in [0, 0.05) is 19.6 Å². The Hall–Kier alpha value is -1.64. The molecule has 2 aliphatic heterocycles. The molecule has 2 nitrogen and oxygen atoms in total. The third-order valence-electron chi connectivity index (χ3n) is 5.43. The van der Waals surface area contributed by atoms with E-state index in [1.165, 1.54) is 16.7 Å². The maximum absolute atomic E-state index is 6.62. The number of hydrogen-bond acceptors (Lipinski definition) is 2. The van der Waals surface area contributed by atoms with E-state index in [1.807, 2.05) is 0 Å². The molecule has 2 aromatic rings. The third-order valence-corrected chi connectivity index (χ3v) is 5.43. The molecule has 2 aromatic carbocycles. The van der Waals surface area contributed by atoms with Gasteiger partial charge in [-0.05, 0) is 43.4 Å². The molecule has 0 aromatic heterocycles. The van der Waals surface area contributed by atoms with Crippen LogP contribution < -0.4 is 0 Å². The minimum atomic E-state index is -0.168. The molecule has 4 rings (SSSR count). The van der Waals surface area contributed by atoms with Gasteiger partial charge in [-0.25, -0.2) is 0 Å². The predicted molar refractivity (Wildman–Crippen MR) is 93.2 cm³/mol. The summed E-state index contributed by atoms with van der Waals surface area (Å²) in [5.74, 6) is 0. The summed E-state index contributed by atoms with van der Waals surface area (Å²) in [4.78, 5) is 2.55. The van der Waals surface area contributed by atoms with Crippen LogP contribution in [0.5, 0.6) is 0 Å². The van der Waals surface area contributed by atoms with Crippen molar-refractivity contribution in [2.75, 3.05) is 13.1 Å². The maximum Gasteiger partial charge on any atom is 0.0971 e. The SMILES string of the molecule is CC1(C)OC2(CCN(Cc3ccccc3)CC2)c2ccccc21. The first-order valence-electron chi connectivity index (χ1n) is 8.66. The number of rotatable bonds is 2. The van der Waals surface area contributed by atoms with E-state index < -0.39 is 0 Å². The summed E-state index contributed by atoms with van der Waals surface area (Å²) in [6.07, 6.45) is 2.17. The van der Waals surface area contributed by atoms with E-state index >= 15 is 0 Å². The minimum Gasteiger partial charge on any atom is -0.360 e. The van der Waals surface area contributed by atoms with Crippen LogP contribution >= 0.6 is 0 Å². The summed E-state index contributed by atoms with van der Waals surface area (Å²) in [5, 5.41) is 0. The highest BCUT2D eigenvalue weighted by atomic mass is 16.5. The Bertz CT molecular complexity index is 684. The zero-order chi connectivity index (χ0) is 15.9. The van der Waals surface area contributed by atoms with Crippen molar-refractivity contribution in [3.05, 3.63) is 71.3 Å². The van der Waals surface area contributed by atoms with Crippen molar-refractivity contribution < 1.29 is 4.74 Å². The van der Waals surface area contributed by atoms with E-state index in [0.29, 0.717) is 0 Å². The number of hydrogen-bond donors (Lipinski definition) is 0. The van der Waals surface area contributed by atoms with Crippen LogP contribution in [0, 0.1) is 0 Å². The molecule has 2 heteroatoms. The lowest BCUT2D eigenvalue weighted by Gasteiger charge is -2.40. The average Bonchev–Trinajstić information content (AvgIpc) is 2.79. The number of nitrogens with zero attached hydrogens (tertiary/aromatic N) is 1.